The molecule has 1 aromatic carbocycles. The van der Waals surface area contributed by atoms with E-state index in [9.17, 15) is 4.79 Å². The molecule has 1 aliphatic rings. The number of amides is 1. The zero-order chi connectivity index (χ0) is 21.2. The Balaban J connectivity index is 1.28. The van der Waals surface area contributed by atoms with E-state index in [0.29, 0.717) is 0 Å². The van der Waals surface area contributed by atoms with Crippen molar-refractivity contribution in [3.05, 3.63) is 60.7 Å². The van der Waals surface area contributed by atoms with Gasteiger partial charge in [-0.1, -0.05) is 0 Å². The molecular formula is C23H24N6O2. The van der Waals surface area contributed by atoms with Gasteiger partial charge in [-0.25, -0.2) is 4.98 Å². The quantitative estimate of drug-likeness (QED) is 0.522. The second-order valence-electron chi connectivity index (χ2n) is 7.71. The Morgan fingerprint density at radius 3 is 2.71 bits per heavy atom. The maximum Gasteiger partial charge on any atom is 0.228 e. The molecule has 0 aliphatic carbocycles. The highest BCUT2D eigenvalue weighted by Crippen LogP contribution is 2.25. The zero-order valence-electron chi connectivity index (χ0n) is 17.3. The van der Waals surface area contributed by atoms with Crippen molar-refractivity contribution in [2.45, 2.75) is 6.42 Å². The zero-order valence-corrected chi connectivity index (χ0v) is 17.3. The van der Waals surface area contributed by atoms with E-state index in [1.807, 2.05) is 56.1 Å². The van der Waals surface area contributed by atoms with Crippen LogP contribution in [0.15, 0.2) is 55.1 Å². The molecule has 0 spiro atoms. The minimum Gasteiger partial charge on any atom is -0.378 e. The van der Waals surface area contributed by atoms with Crippen molar-refractivity contribution in [1.29, 1.82) is 0 Å². The third-order valence-electron chi connectivity index (χ3n) is 5.53. The highest BCUT2D eigenvalue weighted by molar-refractivity contribution is 5.96. The van der Waals surface area contributed by atoms with Crippen LogP contribution in [0.5, 0.6) is 0 Å². The summed E-state index contributed by atoms with van der Waals surface area (Å²) < 4.78 is 7.16. The number of ether oxygens (including phenoxy) is 1. The third-order valence-corrected chi connectivity index (χ3v) is 5.53. The molecule has 8 nitrogen and oxygen atoms in total. The van der Waals surface area contributed by atoms with Gasteiger partial charge in [-0.3, -0.25) is 9.48 Å². The summed E-state index contributed by atoms with van der Waals surface area (Å²) in [7, 11) is 1.88. The van der Waals surface area contributed by atoms with Gasteiger partial charge in [0.15, 0.2) is 0 Å². The number of benzene rings is 1. The molecule has 1 amide bonds. The van der Waals surface area contributed by atoms with Gasteiger partial charge in [0, 0.05) is 66.6 Å². The van der Waals surface area contributed by atoms with E-state index in [4.69, 9.17) is 4.74 Å². The Kier molecular flexibility index (Phi) is 5.13. The Bertz CT molecular complexity index is 1200. The van der Waals surface area contributed by atoms with Crippen molar-refractivity contribution in [2.24, 2.45) is 7.05 Å². The number of aromatic amines is 1. The number of pyridine rings is 1. The number of nitrogens with one attached hydrogen (secondary N) is 2. The Morgan fingerprint density at radius 1 is 1.16 bits per heavy atom. The number of nitrogens with zero attached hydrogens (tertiary/aromatic N) is 4. The van der Waals surface area contributed by atoms with Gasteiger partial charge in [0.05, 0.1) is 25.8 Å². The van der Waals surface area contributed by atoms with Crippen LogP contribution in [0, 0.1) is 0 Å². The molecule has 5 rings (SSSR count). The van der Waals surface area contributed by atoms with E-state index in [0.717, 1.165) is 65.4 Å². The fourth-order valence-corrected chi connectivity index (χ4v) is 3.89. The number of rotatable bonds is 5. The molecule has 4 aromatic rings. The van der Waals surface area contributed by atoms with Crippen molar-refractivity contribution in [3.63, 3.8) is 0 Å². The summed E-state index contributed by atoms with van der Waals surface area (Å²) in [6.07, 6.45) is 7.69. The maximum absolute atomic E-state index is 12.7. The number of hydrogen-bond acceptors (Lipinski definition) is 5. The fraction of sp³-hybridized carbons (Fsp3) is 0.261. The van der Waals surface area contributed by atoms with Gasteiger partial charge >= 0.3 is 0 Å². The first kappa shape index (κ1) is 19.3. The smallest absolute Gasteiger partial charge is 0.228 e. The van der Waals surface area contributed by atoms with Crippen molar-refractivity contribution in [1.82, 2.24) is 19.7 Å². The lowest BCUT2D eigenvalue weighted by molar-refractivity contribution is -0.115. The van der Waals surface area contributed by atoms with Crippen LogP contribution in [0.1, 0.15) is 5.56 Å². The molecule has 1 aliphatic heterocycles. The molecule has 31 heavy (non-hydrogen) atoms. The van der Waals surface area contributed by atoms with Gasteiger partial charge in [0.2, 0.25) is 5.91 Å². The van der Waals surface area contributed by atoms with Crippen molar-refractivity contribution >= 4 is 28.3 Å². The highest BCUT2D eigenvalue weighted by Gasteiger charge is 2.13. The van der Waals surface area contributed by atoms with Crippen LogP contribution in [0.25, 0.3) is 22.2 Å². The predicted octanol–water partition coefficient (Wildman–Crippen LogP) is 2.98. The first-order valence-electron chi connectivity index (χ1n) is 10.3. The number of morpholine rings is 1. The van der Waals surface area contributed by atoms with Crippen molar-refractivity contribution in [3.8, 4) is 11.1 Å². The molecule has 8 heteroatoms. The summed E-state index contributed by atoms with van der Waals surface area (Å²) in [5, 5.41) is 8.16. The summed E-state index contributed by atoms with van der Waals surface area (Å²) in [6, 6.07) is 10.0. The average molecular weight is 416 g/mol. The SMILES string of the molecule is Cn1cc(-c2cnc3[nH]cc(CC(=O)Nc4ccc(N5CCOCC5)cc4)c3c2)cn1. The molecular weight excluding hydrogens is 392 g/mol. The van der Waals surface area contributed by atoms with Crippen LogP contribution in [-0.2, 0) is 23.0 Å². The Hall–Kier alpha value is -3.65. The largest absolute Gasteiger partial charge is 0.378 e. The van der Waals surface area contributed by atoms with Crippen LogP contribution in [0.2, 0.25) is 0 Å². The van der Waals surface area contributed by atoms with E-state index in [2.05, 4.69) is 31.3 Å². The van der Waals surface area contributed by atoms with E-state index in [1.54, 1.807) is 4.68 Å². The highest BCUT2D eigenvalue weighted by atomic mass is 16.5. The number of aromatic nitrogens is 4. The number of anilines is 2. The second-order valence-corrected chi connectivity index (χ2v) is 7.71. The van der Waals surface area contributed by atoms with Gasteiger partial charge in [0.25, 0.3) is 0 Å². The standard InChI is InChI=1S/C23H24N6O2/c1-28-15-18(14-26-28)16-10-21-17(13-25-23(21)24-12-16)11-22(30)27-19-2-4-20(5-3-19)29-6-8-31-9-7-29/h2-5,10,12-15H,6-9,11H2,1H3,(H,24,25)(H,27,30). The summed E-state index contributed by atoms with van der Waals surface area (Å²) in [4.78, 5) is 22.6. The molecule has 158 valence electrons. The molecule has 3 aromatic heterocycles. The number of hydrogen-bond donors (Lipinski definition) is 2. The van der Waals surface area contributed by atoms with Crippen LogP contribution in [-0.4, -0.2) is 52.0 Å². The van der Waals surface area contributed by atoms with Gasteiger partial charge in [-0.05, 0) is 35.9 Å². The van der Waals surface area contributed by atoms with Crippen LogP contribution in [0.3, 0.4) is 0 Å². The third kappa shape index (κ3) is 4.15. The monoisotopic (exact) mass is 416 g/mol. The molecule has 2 N–H and O–H groups in total. The lowest BCUT2D eigenvalue weighted by Gasteiger charge is -2.28. The van der Waals surface area contributed by atoms with Crippen molar-refractivity contribution < 1.29 is 9.53 Å². The first-order chi connectivity index (χ1) is 15.2. The van der Waals surface area contributed by atoms with E-state index in [-0.39, 0.29) is 12.3 Å². The van der Waals surface area contributed by atoms with Gasteiger partial charge in [0.1, 0.15) is 5.65 Å². The number of H-pyrrole nitrogens is 1. The molecule has 0 unspecified atom stereocenters. The molecule has 0 bridgehead atoms. The van der Waals surface area contributed by atoms with E-state index in [1.165, 1.54) is 0 Å². The molecule has 1 saturated heterocycles. The number of carbonyl (C=O) groups is 1. The number of aryl methyl sites for hydroxylation is 1. The first-order valence-corrected chi connectivity index (χ1v) is 10.3. The van der Waals surface area contributed by atoms with E-state index >= 15 is 0 Å². The van der Waals surface area contributed by atoms with Crippen LogP contribution < -0.4 is 10.2 Å². The Morgan fingerprint density at radius 2 is 1.97 bits per heavy atom. The summed E-state index contributed by atoms with van der Waals surface area (Å²) in [6.45, 7) is 3.28. The minimum absolute atomic E-state index is 0.0631. The molecule has 0 atom stereocenters. The summed E-state index contributed by atoms with van der Waals surface area (Å²) >= 11 is 0. The van der Waals surface area contributed by atoms with Gasteiger partial charge in [-0.15, -0.1) is 0 Å². The lowest BCUT2D eigenvalue weighted by Crippen LogP contribution is -2.36. The van der Waals surface area contributed by atoms with E-state index < -0.39 is 0 Å². The summed E-state index contributed by atoms with van der Waals surface area (Å²) in [5.41, 5.74) is 5.58. The second kappa shape index (κ2) is 8.23. The molecule has 0 saturated carbocycles. The predicted molar refractivity (Wildman–Crippen MR) is 120 cm³/mol. The van der Waals surface area contributed by atoms with Crippen LogP contribution >= 0.6 is 0 Å². The Labute approximate surface area is 179 Å². The number of carbonyl (C=O) groups excluding carboxylic acids is 1. The molecule has 4 heterocycles. The number of fused-ring (bicyclic) bond motifs is 1. The normalized spacial score (nSPS) is 14.2. The summed E-state index contributed by atoms with van der Waals surface area (Å²) in [5.74, 6) is -0.0631. The van der Waals surface area contributed by atoms with Crippen molar-refractivity contribution in [2.75, 3.05) is 36.5 Å². The minimum atomic E-state index is -0.0631. The lowest BCUT2D eigenvalue weighted by atomic mass is 10.1. The van der Waals surface area contributed by atoms with Crippen LogP contribution in [0.4, 0.5) is 11.4 Å². The molecule has 1 fully saturated rings. The molecule has 0 radical (unpaired) electrons. The van der Waals surface area contributed by atoms with Gasteiger partial charge in [-0.2, -0.15) is 5.10 Å². The fourth-order valence-electron chi connectivity index (χ4n) is 3.89. The van der Waals surface area contributed by atoms with Gasteiger partial charge < -0.3 is 19.9 Å². The topological polar surface area (TPSA) is 88.1 Å². The maximum atomic E-state index is 12.7. The average Bonchev–Trinajstić information content (AvgIpc) is 3.41.